The van der Waals surface area contributed by atoms with Crippen LogP contribution in [0, 0.1) is 0 Å². The maximum absolute atomic E-state index is 13.6. The summed E-state index contributed by atoms with van der Waals surface area (Å²) in [7, 11) is 1.49. The SMILES string of the molecule is COc1ccc(-c2ccc(CNC(=O)COCCn3cc(COCCNC(=O)CCS)nn3)o2)c2[nH]cc(C(=O)C(=O)N3CCN(C(=O)c4ccccc4)CC3)c12. The van der Waals surface area contributed by atoms with Crippen molar-refractivity contribution in [1.29, 1.82) is 0 Å². The molecule has 300 valence electrons. The molecule has 3 N–H and O–H groups in total. The Morgan fingerprint density at radius 3 is 2.47 bits per heavy atom. The minimum absolute atomic E-state index is 0.0725. The summed E-state index contributed by atoms with van der Waals surface area (Å²) in [6.07, 6.45) is 3.57. The number of aromatic nitrogens is 4. The molecule has 0 aliphatic carbocycles. The predicted molar refractivity (Wildman–Crippen MR) is 210 cm³/mol. The third-order valence-corrected chi connectivity index (χ3v) is 9.38. The molecule has 1 saturated heterocycles. The van der Waals surface area contributed by atoms with Gasteiger partial charge >= 0.3 is 0 Å². The lowest BCUT2D eigenvalue weighted by atomic mass is 10.0. The zero-order chi connectivity index (χ0) is 40.1. The van der Waals surface area contributed by atoms with Crippen molar-refractivity contribution >= 4 is 52.9 Å². The number of aromatic amines is 1. The molecule has 2 aromatic carbocycles. The van der Waals surface area contributed by atoms with Crippen molar-refractivity contribution in [2.24, 2.45) is 0 Å². The number of Topliss-reactive ketones (excluding diaryl/α,β-unsaturated/α-hetero) is 1. The fraction of sp³-hybridized carbons (Fsp3) is 0.359. The molecular weight excluding hydrogens is 757 g/mol. The first-order chi connectivity index (χ1) is 27.7. The summed E-state index contributed by atoms with van der Waals surface area (Å²) in [5.41, 5.74) is 2.53. The topological polar surface area (TPSA) is 203 Å². The minimum atomic E-state index is -0.694. The average Bonchev–Trinajstić information content (AvgIpc) is 4.02. The number of furan rings is 1. The summed E-state index contributed by atoms with van der Waals surface area (Å²) in [5, 5.41) is 14.0. The van der Waals surface area contributed by atoms with E-state index >= 15 is 0 Å². The Hall–Kier alpha value is -5.98. The number of fused-ring (bicyclic) bond motifs is 1. The zero-order valence-electron chi connectivity index (χ0n) is 31.4. The van der Waals surface area contributed by atoms with E-state index in [9.17, 15) is 24.0 Å². The molecule has 0 spiro atoms. The van der Waals surface area contributed by atoms with Crippen LogP contribution in [0.25, 0.3) is 22.2 Å². The molecule has 0 atom stereocenters. The Labute approximate surface area is 333 Å². The standard InChI is InChI=1S/C39H44N8O9S/c1-53-32-10-8-29(36-35(32)30(22-42-36)37(50)39(52)46-15-13-45(14-16-46)38(51)26-5-3-2-4-6-26)31-9-7-28(56-31)21-41-34(49)25-55-19-17-47-23-27(43-44-47)24-54-18-12-40-33(48)11-20-57/h2-10,22-23,42,57H,11-21,24-25H2,1H3,(H,40,48)(H,41,49). The van der Waals surface area contributed by atoms with Crippen LogP contribution in [-0.2, 0) is 43.6 Å². The van der Waals surface area contributed by atoms with Crippen LogP contribution in [0.5, 0.6) is 5.75 Å². The molecule has 4 heterocycles. The van der Waals surface area contributed by atoms with Gasteiger partial charge in [-0.25, -0.2) is 4.68 Å². The van der Waals surface area contributed by atoms with Gasteiger partial charge in [-0.05, 0) is 42.2 Å². The molecule has 57 heavy (non-hydrogen) atoms. The monoisotopic (exact) mass is 800 g/mol. The number of ketones is 1. The number of nitrogens with zero attached hydrogens (tertiary/aromatic N) is 5. The van der Waals surface area contributed by atoms with E-state index in [1.54, 1.807) is 64.3 Å². The molecule has 18 heteroatoms. The summed E-state index contributed by atoms with van der Waals surface area (Å²) in [6, 6.07) is 15.9. The van der Waals surface area contributed by atoms with Crippen LogP contribution in [0.1, 0.15) is 38.6 Å². The maximum Gasteiger partial charge on any atom is 0.295 e. The molecule has 17 nitrogen and oxygen atoms in total. The second-order valence-corrected chi connectivity index (χ2v) is 13.4. The quantitative estimate of drug-likeness (QED) is 0.0414. The highest BCUT2D eigenvalue weighted by atomic mass is 32.1. The first-order valence-electron chi connectivity index (χ1n) is 18.4. The number of thiol groups is 1. The number of nitrogens with one attached hydrogen (secondary N) is 3. The van der Waals surface area contributed by atoms with E-state index < -0.39 is 11.7 Å². The van der Waals surface area contributed by atoms with E-state index in [2.05, 4.69) is 38.6 Å². The Balaban J connectivity index is 0.965. The molecule has 5 aromatic rings. The van der Waals surface area contributed by atoms with Crippen molar-refractivity contribution < 1.29 is 42.6 Å². The van der Waals surface area contributed by atoms with Crippen molar-refractivity contribution in [2.75, 3.05) is 65.4 Å². The van der Waals surface area contributed by atoms with Crippen molar-refractivity contribution in [2.45, 2.75) is 26.1 Å². The third-order valence-electron chi connectivity index (χ3n) is 9.16. The van der Waals surface area contributed by atoms with Crippen LogP contribution in [0.15, 0.2) is 71.4 Å². The summed E-state index contributed by atoms with van der Waals surface area (Å²) >= 11 is 4.02. The normalized spacial score (nSPS) is 12.8. The number of carbonyl (C=O) groups excluding carboxylic acids is 5. The Bertz CT molecular complexity index is 2180. The van der Waals surface area contributed by atoms with Crippen LogP contribution in [0.3, 0.4) is 0 Å². The van der Waals surface area contributed by atoms with E-state index in [0.717, 1.165) is 0 Å². The maximum atomic E-state index is 13.6. The number of piperazine rings is 1. The van der Waals surface area contributed by atoms with Gasteiger partial charge in [0, 0.05) is 56.5 Å². The fourth-order valence-electron chi connectivity index (χ4n) is 6.23. The number of amides is 4. The van der Waals surface area contributed by atoms with Gasteiger partial charge in [0.2, 0.25) is 11.8 Å². The largest absolute Gasteiger partial charge is 0.496 e. The fourth-order valence-corrected chi connectivity index (χ4v) is 6.43. The van der Waals surface area contributed by atoms with Crippen LogP contribution in [0.2, 0.25) is 0 Å². The highest BCUT2D eigenvalue weighted by Crippen LogP contribution is 2.37. The molecule has 1 aliphatic rings. The van der Waals surface area contributed by atoms with Gasteiger partial charge in [-0.3, -0.25) is 24.0 Å². The zero-order valence-corrected chi connectivity index (χ0v) is 32.3. The van der Waals surface area contributed by atoms with Gasteiger partial charge < -0.3 is 44.0 Å². The molecule has 3 aromatic heterocycles. The number of H-pyrrole nitrogens is 1. The van der Waals surface area contributed by atoms with E-state index in [-0.39, 0.29) is 62.7 Å². The summed E-state index contributed by atoms with van der Waals surface area (Å²) in [4.78, 5) is 70.1. The van der Waals surface area contributed by atoms with Crippen LogP contribution < -0.4 is 15.4 Å². The van der Waals surface area contributed by atoms with Crippen LogP contribution in [0.4, 0.5) is 0 Å². The van der Waals surface area contributed by atoms with Gasteiger partial charge in [0.1, 0.15) is 29.6 Å². The van der Waals surface area contributed by atoms with Crippen LogP contribution >= 0.6 is 12.6 Å². The number of ether oxygens (including phenoxy) is 3. The summed E-state index contributed by atoms with van der Waals surface area (Å²) in [6.45, 7) is 2.62. The van der Waals surface area contributed by atoms with Gasteiger partial charge in [0.05, 0.1) is 62.7 Å². The van der Waals surface area contributed by atoms with Gasteiger partial charge in [0.25, 0.3) is 17.6 Å². The van der Waals surface area contributed by atoms with E-state index in [1.165, 1.54) is 18.2 Å². The third kappa shape index (κ3) is 10.5. The van der Waals surface area contributed by atoms with E-state index in [4.69, 9.17) is 18.6 Å². The number of rotatable bonds is 19. The van der Waals surface area contributed by atoms with Crippen molar-refractivity contribution in [1.82, 2.24) is 40.4 Å². The Morgan fingerprint density at radius 2 is 1.70 bits per heavy atom. The van der Waals surface area contributed by atoms with Gasteiger partial charge in [-0.1, -0.05) is 23.4 Å². The molecule has 0 radical (unpaired) electrons. The molecule has 0 unspecified atom stereocenters. The Morgan fingerprint density at radius 1 is 0.912 bits per heavy atom. The lowest BCUT2D eigenvalue weighted by Gasteiger charge is -2.34. The minimum Gasteiger partial charge on any atom is -0.496 e. The molecule has 0 saturated carbocycles. The van der Waals surface area contributed by atoms with Crippen molar-refractivity contribution in [3.8, 4) is 17.1 Å². The van der Waals surface area contributed by atoms with Crippen LogP contribution in [-0.4, -0.2) is 125 Å². The molecule has 4 amide bonds. The Kier molecular flexibility index (Phi) is 14.1. The molecule has 6 rings (SSSR count). The number of hydrogen-bond donors (Lipinski definition) is 4. The molecule has 0 bridgehead atoms. The number of benzene rings is 2. The summed E-state index contributed by atoms with van der Waals surface area (Å²) in [5.74, 6) is -0.0235. The lowest BCUT2D eigenvalue weighted by Crippen LogP contribution is -2.52. The lowest BCUT2D eigenvalue weighted by molar-refractivity contribution is -0.128. The van der Waals surface area contributed by atoms with Gasteiger partial charge in [-0.2, -0.15) is 12.6 Å². The summed E-state index contributed by atoms with van der Waals surface area (Å²) < 4.78 is 24.3. The van der Waals surface area contributed by atoms with Crippen molar-refractivity contribution in [3.63, 3.8) is 0 Å². The number of hydrogen-bond acceptors (Lipinski definition) is 12. The molecule has 1 aliphatic heterocycles. The highest BCUT2D eigenvalue weighted by molar-refractivity contribution is 7.80. The van der Waals surface area contributed by atoms with E-state index in [0.29, 0.717) is 90.0 Å². The average molecular weight is 801 g/mol. The number of carbonyl (C=O) groups is 5. The van der Waals surface area contributed by atoms with Gasteiger partial charge in [0.15, 0.2) is 0 Å². The number of methoxy groups -OCH3 is 1. The second kappa shape index (κ2) is 19.7. The van der Waals surface area contributed by atoms with E-state index in [1.807, 2.05) is 6.07 Å². The van der Waals surface area contributed by atoms with Crippen molar-refractivity contribution in [3.05, 3.63) is 89.6 Å². The smallest absolute Gasteiger partial charge is 0.295 e. The highest BCUT2D eigenvalue weighted by Gasteiger charge is 2.31. The first kappa shape index (κ1) is 40.7. The predicted octanol–water partition coefficient (Wildman–Crippen LogP) is 2.48. The van der Waals surface area contributed by atoms with Gasteiger partial charge in [-0.15, -0.1) is 5.10 Å². The molecular formula is C39H44N8O9S. The first-order valence-corrected chi connectivity index (χ1v) is 19.0. The molecule has 1 fully saturated rings. The second-order valence-electron chi connectivity index (χ2n) is 13.0.